The van der Waals surface area contributed by atoms with Gasteiger partial charge in [0, 0.05) is 5.56 Å². The molecule has 0 amide bonds. The minimum absolute atomic E-state index is 0.128. The van der Waals surface area contributed by atoms with E-state index in [1.54, 1.807) is 0 Å². The van der Waals surface area contributed by atoms with Crippen LogP contribution in [0.1, 0.15) is 21.5 Å². The molecule has 0 atom stereocenters. The summed E-state index contributed by atoms with van der Waals surface area (Å²) in [7, 11) is 0. The van der Waals surface area contributed by atoms with Crippen LogP contribution in [-0.2, 0) is 0 Å². The Morgan fingerprint density at radius 2 is 1.95 bits per heavy atom. The van der Waals surface area contributed by atoms with Gasteiger partial charge in [0.2, 0.25) is 0 Å². The van der Waals surface area contributed by atoms with Crippen LogP contribution >= 0.6 is 11.8 Å². The molecular weight excluding hydrogens is 280 g/mol. The second-order valence-corrected chi connectivity index (χ2v) is 6.03. The van der Waals surface area contributed by atoms with Crippen LogP contribution in [0.4, 0.5) is 0 Å². The molecule has 1 N–H and O–H groups in total. The Bertz CT molecular complexity index is 774. The van der Waals surface area contributed by atoms with Crippen LogP contribution in [0.25, 0.3) is 11.0 Å². The summed E-state index contributed by atoms with van der Waals surface area (Å²) in [5.41, 5.74) is 5.05. The lowest BCUT2D eigenvalue weighted by molar-refractivity contribution is 0.102. The maximum absolute atomic E-state index is 12.2. The predicted molar refractivity (Wildman–Crippen MR) is 87.1 cm³/mol. The number of nitrogens with one attached hydrogen (secondary N) is 1. The molecule has 0 saturated heterocycles. The van der Waals surface area contributed by atoms with Gasteiger partial charge in [-0.1, -0.05) is 36.0 Å². The third kappa shape index (κ3) is 3.00. The van der Waals surface area contributed by atoms with Gasteiger partial charge in [0.25, 0.3) is 0 Å². The van der Waals surface area contributed by atoms with Gasteiger partial charge in [0.05, 0.1) is 16.8 Å². The lowest BCUT2D eigenvalue weighted by Gasteiger charge is -2.03. The maximum atomic E-state index is 12.2. The fourth-order valence-electron chi connectivity index (χ4n) is 2.13. The Hall–Kier alpha value is -2.07. The third-order valence-electron chi connectivity index (χ3n) is 3.54. The number of fused-ring (bicyclic) bond motifs is 1. The van der Waals surface area contributed by atoms with Crippen LogP contribution in [0.3, 0.4) is 0 Å². The number of carbonyl (C=O) groups is 1. The number of para-hydroxylation sites is 2. The van der Waals surface area contributed by atoms with Crippen LogP contribution in [0.15, 0.2) is 47.6 Å². The Balaban J connectivity index is 1.71. The first-order valence-electron chi connectivity index (χ1n) is 6.81. The average Bonchev–Trinajstić information content (AvgIpc) is 2.90. The highest BCUT2D eigenvalue weighted by Gasteiger charge is 2.10. The number of rotatable bonds is 4. The first-order chi connectivity index (χ1) is 10.1. The number of ketones is 1. The van der Waals surface area contributed by atoms with E-state index in [1.165, 1.54) is 17.3 Å². The van der Waals surface area contributed by atoms with E-state index in [0.717, 1.165) is 27.3 Å². The summed E-state index contributed by atoms with van der Waals surface area (Å²) in [5.74, 6) is 0.519. The van der Waals surface area contributed by atoms with Gasteiger partial charge in [0.15, 0.2) is 10.9 Å². The molecule has 1 aromatic heterocycles. The minimum atomic E-state index is 0.128. The first-order valence-corrected chi connectivity index (χ1v) is 7.80. The quantitative estimate of drug-likeness (QED) is 0.581. The molecule has 0 radical (unpaired) electrons. The van der Waals surface area contributed by atoms with Crippen molar-refractivity contribution >= 4 is 28.6 Å². The molecule has 3 nitrogen and oxygen atoms in total. The van der Waals surface area contributed by atoms with E-state index in [0.29, 0.717) is 5.75 Å². The molecule has 21 heavy (non-hydrogen) atoms. The van der Waals surface area contributed by atoms with Gasteiger partial charge in [-0.3, -0.25) is 4.79 Å². The van der Waals surface area contributed by atoms with E-state index in [-0.39, 0.29) is 5.78 Å². The number of imidazole rings is 1. The number of nitrogens with zero attached hydrogens (tertiary/aromatic N) is 1. The standard InChI is InChI=1S/C17H16N2OS/c1-11-7-8-13(9-12(11)2)16(20)10-21-17-18-14-5-3-4-6-15(14)19-17/h3-9H,10H2,1-2H3,(H,18,19). The molecule has 4 heteroatoms. The average molecular weight is 296 g/mol. The van der Waals surface area contributed by atoms with Gasteiger partial charge < -0.3 is 4.98 Å². The van der Waals surface area contributed by atoms with E-state index >= 15 is 0 Å². The van der Waals surface area contributed by atoms with Gasteiger partial charge in [-0.2, -0.15) is 0 Å². The Morgan fingerprint density at radius 3 is 2.71 bits per heavy atom. The second-order valence-electron chi connectivity index (χ2n) is 5.07. The number of aromatic amines is 1. The van der Waals surface area contributed by atoms with Gasteiger partial charge in [-0.15, -0.1) is 0 Å². The molecule has 3 rings (SSSR count). The molecule has 0 aliphatic carbocycles. The lowest BCUT2D eigenvalue weighted by atomic mass is 10.0. The van der Waals surface area contributed by atoms with Crippen molar-refractivity contribution in [2.75, 3.05) is 5.75 Å². The highest BCUT2D eigenvalue weighted by Crippen LogP contribution is 2.20. The van der Waals surface area contributed by atoms with Crippen molar-refractivity contribution in [1.29, 1.82) is 0 Å². The number of hydrogen-bond donors (Lipinski definition) is 1. The van der Waals surface area contributed by atoms with Crippen molar-refractivity contribution in [3.05, 3.63) is 59.2 Å². The number of benzene rings is 2. The highest BCUT2D eigenvalue weighted by atomic mass is 32.2. The molecule has 0 spiro atoms. The van der Waals surface area contributed by atoms with Crippen molar-refractivity contribution in [1.82, 2.24) is 9.97 Å². The van der Waals surface area contributed by atoms with Gasteiger partial charge in [-0.25, -0.2) is 4.98 Å². The number of aryl methyl sites for hydroxylation is 2. The monoisotopic (exact) mass is 296 g/mol. The molecule has 0 unspecified atom stereocenters. The minimum Gasteiger partial charge on any atom is -0.333 e. The largest absolute Gasteiger partial charge is 0.333 e. The van der Waals surface area contributed by atoms with E-state index in [9.17, 15) is 4.79 Å². The molecule has 0 saturated carbocycles. The van der Waals surface area contributed by atoms with Gasteiger partial charge in [-0.05, 0) is 43.2 Å². The molecule has 0 fully saturated rings. The Labute approximate surface area is 127 Å². The highest BCUT2D eigenvalue weighted by molar-refractivity contribution is 7.99. The summed E-state index contributed by atoms with van der Waals surface area (Å²) < 4.78 is 0. The zero-order chi connectivity index (χ0) is 14.8. The van der Waals surface area contributed by atoms with E-state index in [1.807, 2.05) is 56.3 Å². The summed E-state index contributed by atoms with van der Waals surface area (Å²) >= 11 is 1.44. The number of hydrogen-bond acceptors (Lipinski definition) is 3. The number of Topliss-reactive ketones (excluding diaryl/α,β-unsaturated/α-hetero) is 1. The predicted octanol–water partition coefficient (Wildman–Crippen LogP) is 4.15. The van der Waals surface area contributed by atoms with Crippen LogP contribution < -0.4 is 0 Å². The van der Waals surface area contributed by atoms with E-state index in [4.69, 9.17) is 0 Å². The summed E-state index contributed by atoms with van der Waals surface area (Å²) in [4.78, 5) is 19.9. The van der Waals surface area contributed by atoms with Crippen LogP contribution in [-0.4, -0.2) is 21.5 Å². The molecule has 0 bridgehead atoms. The number of aromatic nitrogens is 2. The lowest BCUT2D eigenvalue weighted by Crippen LogP contribution is -2.03. The summed E-state index contributed by atoms with van der Waals surface area (Å²) in [6.07, 6.45) is 0. The summed E-state index contributed by atoms with van der Waals surface area (Å²) in [6.45, 7) is 4.07. The zero-order valence-corrected chi connectivity index (χ0v) is 12.8. The number of thioether (sulfide) groups is 1. The molecule has 0 aliphatic rings. The topological polar surface area (TPSA) is 45.8 Å². The zero-order valence-electron chi connectivity index (χ0n) is 12.0. The third-order valence-corrected chi connectivity index (χ3v) is 4.41. The van der Waals surface area contributed by atoms with Crippen molar-refractivity contribution in [3.8, 4) is 0 Å². The number of H-pyrrole nitrogens is 1. The molecule has 3 aromatic rings. The molecular formula is C17H16N2OS. The Kier molecular flexibility index (Phi) is 3.80. The van der Waals surface area contributed by atoms with Crippen LogP contribution in [0.5, 0.6) is 0 Å². The van der Waals surface area contributed by atoms with Crippen LogP contribution in [0, 0.1) is 13.8 Å². The van der Waals surface area contributed by atoms with Crippen molar-refractivity contribution in [2.24, 2.45) is 0 Å². The van der Waals surface area contributed by atoms with Gasteiger partial charge in [0.1, 0.15) is 0 Å². The van der Waals surface area contributed by atoms with Crippen LogP contribution in [0.2, 0.25) is 0 Å². The molecule has 106 valence electrons. The van der Waals surface area contributed by atoms with E-state index < -0.39 is 0 Å². The summed E-state index contributed by atoms with van der Waals surface area (Å²) in [5, 5.41) is 0.786. The maximum Gasteiger partial charge on any atom is 0.173 e. The first kappa shape index (κ1) is 13.9. The smallest absolute Gasteiger partial charge is 0.173 e. The fourth-order valence-corrected chi connectivity index (χ4v) is 2.91. The number of carbonyl (C=O) groups excluding carboxylic acids is 1. The van der Waals surface area contributed by atoms with Crippen molar-refractivity contribution in [3.63, 3.8) is 0 Å². The summed E-state index contributed by atoms with van der Waals surface area (Å²) in [6, 6.07) is 13.7. The van der Waals surface area contributed by atoms with Crippen molar-refractivity contribution in [2.45, 2.75) is 19.0 Å². The molecule has 0 aliphatic heterocycles. The Morgan fingerprint density at radius 1 is 1.14 bits per heavy atom. The normalized spacial score (nSPS) is 11.0. The SMILES string of the molecule is Cc1ccc(C(=O)CSc2nc3ccccc3[nH]2)cc1C. The fraction of sp³-hybridized carbons (Fsp3) is 0.176. The molecule has 2 aromatic carbocycles. The molecule has 1 heterocycles. The second kappa shape index (κ2) is 5.74. The van der Waals surface area contributed by atoms with Crippen molar-refractivity contribution < 1.29 is 4.79 Å². The van der Waals surface area contributed by atoms with Gasteiger partial charge >= 0.3 is 0 Å². The van der Waals surface area contributed by atoms with E-state index in [2.05, 4.69) is 9.97 Å².